The molecule has 0 aliphatic carbocycles. The molecule has 0 fully saturated rings. The fraction of sp³-hybridized carbons (Fsp3) is 0.333. The SMILES string of the molecule is CNc1ccc(Cc2cc(C(C)C)ccc2OC)cc1. The molecule has 2 heteroatoms. The second kappa shape index (κ2) is 6.47. The molecule has 0 amide bonds. The van der Waals surface area contributed by atoms with E-state index in [1.54, 1.807) is 7.11 Å². The topological polar surface area (TPSA) is 21.3 Å². The van der Waals surface area contributed by atoms with Crippen LogP contribution in [-0.4, -0.2) is 14.2 Å². The largest absolute Gasteiger partial charge is 0.496 e. The van der Waals surface area contributed by atoms with E-state index in [4.69, 9.17) is 4.74 Å². The standard InChI is InChI=1S/C18H23NO/c1-13(2)15-7-10-18(20-4)16(12-15)11-14-5-8-17(19-3)9-6-14/h5-10,12-13,19H,11H2,1-4H3. The maximum Gasteiger partial charge on any atom is 0.122 e. The normalized spacial score (nSPS) is 10.7. The number of benzene rings is 2. The fourth-order valence-electron chi connectivity index (χ4n) is 2.30. The third-order valence-corrected chi connectivity index (χ3v) is 3.61. The minimum absolute atomic E-state index is 0.534. The first-order chi connectivity index (χ1) is 9.63. The van der Waals surface area contributed by atoms with Crippen LogP contribution in [0.5, 0.6) is 5.75 Å². The average molecular weight is 269 g/mol. The first kappa shape index (κ1) is 14.4. The van der Waals surface area contributed by atoms with Gasteiger partial charge < -0.3 is 10.1 Å². The first-order valence-electron chi connectivity index (χ1n) is 7.07. The van der Waals surface area contributed by atoms with Crippen molar-refractivity contribution < 1.29 is 4.74 Å². The average Bonchev–Trinajstić information content (AvgIpc) is 2.48. The Kier molecular flexibility index (Phi) is 4.67. The van der Waals surface area contributed by atoms with E-state index < -0.39 is 0 Å². The Morgan fingerprint density at radius 1 is 1.05 bits per heavy atom. The van der Waals surface area contributed by atoms with Crippen molar-refractivity contribution in [1.29, 1.82) is 0 Å². The smallest absolute Gasteiger partial charge is 0.122 e. The quantitative estimate of drug-likeness (QED) is 0.865. The summed E-state index contributed by atoms with van der Waals surface area (Å²) in [6.07, 6.45) is 0.897. The minimum Gasteiger partial charge on any atom is -0.496 e. The van der Waals surface area contributed by atoms with E-state index in [1.807, 2.05) is 7.05 Å². The Hall–Kier alpha value is -1.96. The van der Waals surface area contributed by atoms with Gasteiger partial charge in [-0.3, -0.25) is 0 Å². The van der Waals surface area contributed by atoms with Gasteiger partial charge in [0.2, 0.25) is 0 Å². The Balaban J connectivity index is 2.27. The Bertz CT molecular complexity index is 558. The van der Waals surface area contributed by atoms with Gasteiger partial charge in [0.1, 0.15) is 5.75 Å². The minimum atomic E-state index is 0.534. The highest BCUT2D eigenvalue weighted by atomic mass is 16.5. The van der Waals surface area contributed by atoms with Crippen LogP contribution in [0.2, 0.25) is 0 Å². The Labute approximate surface area is 121 Å². The summed E-state index contributed by atoms with van der Waals surface area (Å²) in [6, 6.07) is 15.0. The number of ether oxygens (including phenoxy) is 1. The van der Waals surface area contributed by atoms with Crippen molar-refractivity contribution in [3.63, 3.8) is 0 Å². The molecule has 2 nitrogen and oxygen atoms in total. The molecule has 0 atom stereocenters. The number of anilines is 1. The molecular formula is C18H23NO. The lowest BCUT2D eigenvalue weighted by Gasteiger charge is -2.13. The molecular weight excluding hydrogens is 246 g/mol. The Morgan fingerprint density at radius 2 is 1.75 bits per heavy atom. The summed E-state index contributed by atoms with van der Waals surface area (Å²) < 4.78 is 5.48. The molecule has 0 unspecified atom stereocenters. The fourth-order valence-corrected chi connectivity index (χ4v) is 2.30. The molecule has 0 heterocycles. The lowest BCUT2D eigenvalue weighted by atomic mass is 9.96. The summed E-state index contributed by atoms with van der Waals surface area (Å²) in [5.41, 5.74) is 5.03. The maximum absolute atomic E-state index is 5.48. The highest BCUT2D eigenvalue weighted by Crippen LogP contribution is 2.26. The predicted molar refractivity (Wildman–Crippen MR) is 85.9 cm³/mol. The maximum atomic E-state index is 5.48. The van der Waals surface area contributed by atoms with Crippen LogP contribution in [0, 0.1) is 0 Å². The second-order valence-electron chi connectivity index (χ2n) is 5.35. The molecule has 0 aliphatic heterocycles. The molecule has 0 aromatic heterocycles. The Morgan fingerprint density at radius 3 is 2.30 bits per heavy atom. The summed E-state index contributed by atoms with van der Waals surface area (Å²) in [5.74, 6) is 1.50. The van der Waals surface area contributed by atoms with E-state index in [1.165, 1.54) is 16.7 Å². The molecule has 2 aromatic rings. The van der Waals surface area contributed by atoms with Crippen molar-refractivity contribution in [3.05, 3.63) is 59.2 Å². The van der Waals surface area contributed by atoms with Crippen LogP contribution in [0.15, 0.2) is 42.5 Å². The lowest BCUT2D eigenvalue weighted by molar-refractivity contribution is 0.410. The van der Waals surface area contributed by atoms with Gasteiger partial charge in [0, 0.05) is 19.2 Å². The van der Waals surface area contributed by atoms with Gasteiger partial charge in [-0.25, -0.2) is 0 Å². The summed E-state index contributed by atoms with van der Waals surface area (Å²) in [5, 5.41) is 3.14. The van der Waals surface area contributed by atoms with Gasteiger partial charge in [-0.1, -0.05) is 38.1 Å². The number of hydrogen-bond donors (Lipinski definition) is 1. The van der Waals surface area contributed by atoms with Crippen molar-refractivity contribution in [2.75, 3.05) is 19.5 Å². The van der Waals surface area contributed by atoms with Gasteiger partial charge >= 0.3 is 0 Å². The van der Waals surface area contributed by atoms with E-state index in [0.717, 1.165) is 17.9 Å². The summed E-state index contributed by atoms with van der Waals surface area (Å²) >= 11 is 0. The monoisotopic (exact) mass is 269 g/mol. The second-order valence-corrected chi connectivity index (χ2v) is 5.35. The van der Waals surface area contributed by atoms with Gasteiger partial charge in [-0.05, 0) is 40.8 Å². The number of methoxy groups -OCH3 is 1. The van der Waals surface area contributed by atoms with Crippen LogP contribution in [0.25, 0.3) is 0 Å². The molecule has 1 N–H and O–H groups in total. The first-order valence-corrected chi connectivity index (χ1v) is 7.07. The molecule has 2 aromatic carbocycles. The van der Waals surface area contributed by atoms with Gasteiger partial charge in [0.05, 0.1) is 7.11 Å². The van der Waals surface area contributed by atoms with Crippen LogP contribution in [0.1, 0.15) is 36.5 Å². The number of hydrogen-bond acceptors (Lipinski definition) is 2. The van der Waals surface area contributed by atoms with Crippen molar-refractivity contribution in [2.24, 2.45) is 0 Å². The molecule has 0 bridgehead atoms. The van der Waals surface area contributed by atoms with Crippen molar-refractivity contribution in [3.8, 4) is 5.75 Å². The third-order valence-electron chi connectivity index (χ3n) is 3.61. The van der Waals surface area contributed by atoms with Crippen molar-refractivity contribution in [2.45, 2.75) is 26.2 Å². The highest BCUT2D eigenvalue weighted by molar-refractivity contribution is 5.46. The van der Waals surface area contributed by atoms with Gasteiger partial charge in [0.25, 0.3) is 0 Å². The molecule has 0 radical (unpaired) electrons. The van der Waals surface area contributed by atoms with Crippen LogP contribution in [0.3, 0.4) is 0 Å². The number of nitrogens with one attached hydrogen (secondary N) is 1. The summed E-state index contributed by atoms with van der Waals surface area (Å²) in [4.78, 5) is 0. The number of rotatable bonds is 5. The van der Waals surface area contributed by atoms with Crippen molar-refractivity contribution >= 4 is 5.69 Å². The van der Waals surface area contributed by atoms with Crippen molar-refractivity contribution in [1.82, 2.24) is 0 Å². The molecule has 106 valence electrons. The van der Waals surface area contributed by atoms with E-state index in [0.29, 0.717) is 5.92 Å². The zero-order valence-corrected chi connectivity index (χ0v) is 12.7. The highest BCUT2D eigenvalue weighted by Gasteiger charge is 2.08. The molecule has 20 heavy (non-hydrogen) atoms. The molecule has 0 saturated heterocycles. The summed E-state index contributed by atoms with van der Waals surface area (Å²) in [6.45, 7) is 4.43. The predicted octanol–water partition coefficient (Wildman–Crippen LogP) is 4.45. The molecule has 2 rings (SSSR count). The molecule has 0 saturated carbocycles. The van der Waals surface area contributed by atoms with Crippen LogP contribution in [-0.2, 0) is 6.42 Å². The zero-order valence-electron chi connectivity index (χ0n) is 12.7. The van der Waals surface area contributed by atoms with E-state index in [-0.39, 0.29) is 0 Å². The van der Waals surface area contributed by atoms with Gasteiger partial charge in [-0.2, -0.15) is 0 Å². The van der Waals surface area contributed by atoms with E-state index in [9.17, 15) is 0 Å². The van der Waals surface area contributed by atoms with Crippen LogP contribution < -0.4 is 10.1 Å². The van der Waals surface area contributed by atoms with Gasteiger partial charge in [-0.15, -0.1) is 0 Å². The third kappa shape index (κ3) is 3.32. The summed E-state index contributed by atoms with van der Waals surface area (Å²) in [7, 11) is 3.67. The van der Waals surface area contributed by atoms with Crippen LogP contribution >= 0.6 is 0 Å². The van der Waals surface area contributed by atoms with Gasteiger partial charge in [0.15, 0.2) is 0 Å². The zero-order chi connectivity index (χ0) is 14.5. The molecule has 0 aliphatic rings. The van der Waals surface area contributed by atoms with E-state index >= 15 is 0 Å². The lowest BCUT2D eigenvalue weighted by Crippen LogP contribution is -1.97. The van der Waals surface area contributed by atoms with Crippen LogP contribution in [0.4, 0.5) is 5.69 Å². The molecule has 0 spiro atoms. The van der Waals surface area contributed by atoms with E-state index in [2.05, 4.69) is 61.6 Å².